The van der Waals surface area contributed by atoms with E-state index in [0.29, 0.717) is 11.3 Å². The van der Waals surface area contributed by atoms with E-state index >= 15 is 0 Å². The predicted molar refractivity (Wildman–Crippen MR) is 103 cm³/mol. The van der Waals surface area contributed by atoms with E-state index < -0.39 is 0 Å². The fourth-order valence-electron chi connectivity index (χ4n) is 2.18. The molecule has 7 heteroatoms. The molecule has 1 heterocycles. The van der Waals surface area contributed by atoms with Crippen LogP contribution < -0.4 is 5.43 Å². The summed E-state index contributed by atoms with van der Waals surface area (Å²) < 4.78 is 1.95. The van der Waals surface area contributed by atoms with E-state index in [2.05, 4.69) is 15.5 Å². The first-order chi connectivity index (χ1) is 12.0. The van der Waals surface area contributed by atoms with Gasteiger partial charge in [0.15, 0.2) is 4.34 Å². The Hall–Kier alpha value is -2.38. The number of para-hydroxylation sites is 2. The van der Waals surface area contributed by atoms with Crippen LogP contribution in [0.1, 0.15) is 19.4 Å². The van der Waals surface area contributed by atoms with Gasteiger partial charge in [0.1, 0.15) is 5.75 Å². The molecule has 128 valence electrons. The number of fused-ring (bicyclic) bond motifs is 1. The largest absolute Gasteiger partial charge is 0.507 e. The number of carbonyl (C=O) groups excluding carboxylic acids is 1. The first-order valence-corrected chi connectivity index (χ1v) is 9.39. The molecule has 0 fully saturated rings. The monoisotopic (exact) mass is 371 g/mol. The molecule has 25 heavy (non-hydrogen) atoms. The number of hydrogen-bond donors (Lipinski definition) is 2. The van der Waals surface area contributed by atoms with E-state index in [1.807, 2.05) is 37.3 Å². The highest BCUT2D eigenvalue weighted by Crippen LogP contribution is 2.31. The number of thioether (sulfide) groups is 1. The summed E-state index contributed by atoms with van der Waals surface area (Å²) in [5, 5.41) is 13.6. The highest BCUT2D eigenvalue weighted by molar-refractivity contribution is 8.02. The Morgan fingerprint density at radius 1 is 1.24 bits per heavy atom. The van der Waals surface area contributed by atoms with E-state index in [1.165, 1.54) is 11.8 Å². The lowest BCUT2D eigenvalue weighted by Gasteiger charge is -2.08. The second-order valence-electron chi connectivity index (χ2n) is 5.40. The van der Waals surface area contributed by atoms with Gasteiger partial charge < -0.3 is 5.11 Å². The Labute approximate surface area is 153 Å². The van der Waals surface area contributed by atoms with Crippen LogP contribution in [0.15, 0.2) is 58.0 Å². The Morgan fingerprint density at radius 2 is 1.96 bits per heavy atom. The maximum Gasteiger partial charge on any atom is 0.253 e. The molecule has 0 saturated carbocycles. The van der Waals surface area contributed by atoms with Crippen LogP contribution in [0.3, 0.4) is 0 Å². The second-order valence-corrected chi connectivity index (χ2v) is 8.02. The molecule has 0 aliphatic heterocycles. The normalized spacial score (nSPS) is 13.0. The summed E-state index contributed by atoms with van der Waals surface area (Å²) in [7, 11) is 0. The maximum atomic E-state index is 12.3. The van der Waals surface area contributed by atoms with Crippen LogP contribution in [0.2, 0.25) is 0 Å². The van der Waals surface area contributed by atoms with Gasteiger partial charge in [0.2, 0.25) is 0 Å². The molecule has 1 aromatic heterocycles. The van der Waals surface area contributed by atoms with Crippen molar-refractivity contribution in [3.8, 4) is 5.75 Å². The Balaban J connectivity index is 1.64. The van der Waals surface area contributed by atoms with Gasteiger partial charge in [0, 0.05) is 5.56 Å². The number of phenolic OH excluding ortho intramolecular Hbond substituents is 1. The van der Waals surface area contributed by atoms with Crippen LogP contribution >= 0.6 is 23.1 Å². The minimum atomic E-state index is -0.332. The van der Waals surface area contributed by atoms with Gasteiger partial charge in [-0.05, 0) is 38.1 Å². The molecule has 0 aliphatic carbocycles. The summed E-state index contributed by atoms with van der Waals surface area (Å²) in [6.45, 7) is 3.55. The molecule has 0 saturated heterocycles. The smallest absolute Gasteiger partial charge is 0.253 e. The van der Waals surface area contributed by atoms with E-state index in [9.17, 15) is 9.90 Å². The molecule has 3 rings (SSSR count). The van der Waals surface area contributed by atoms with Crippen molar-refractivity contribution in [3.63, 3.8) is 0 Å². The average molecular weight is 371 g/mol. The van der Waals surface area contributed by atoms with Crippen LogP contribution in [0.5, 0.6) is 5.75 Å². The zero-order chi connectivity index (χ0) is 17.8. The zero-order valence-electron chi connectivity index (χ0n) is 13.8. The summed E-state index contributed by atoms with van der Waals surface area (Å²) in [6.07, 6.45) is 0. The van der Waals surface area contributed by atoms with Gasteiger partial charge in [-0.15, -0.1) is 11.3 Å². The Kier molecular flexibility index (Phi) is 5.35. The molecule has 5 nitrogen and oxygen atoms in total. The van der Waals surface area contributed by atoms with Crippen LogP contribution in [0.25, 0.3) is 10.2 Å². The molecule has 0 aliphatic rings. The minimum Gasteiger partial charge on any atom is -0.507 e. The lowest BCUT2D eigenvalue weighted by molar-refractivity contribution is -0.120. The Bertz CT molecular complexity index is 904. The van der Waals surface area contributed by atoms with E-state index in [1.54, 1.807) is 36.5 Å². The van der Waals surface area contributed by atoms with Gasteiger partial charge >= 0.3 is 0 Å². The number of thiazole rings is 1. The van der Waals surface area contributed by atoms with Gasteiger partial charge in [-0.1, -0.05) is 36.0 Å². The summed E-state index contributed by atoms with van der Waals surface area (Å²) >= 11 is 2.97. The number of phenols is 1. The second kappa shape index (κ2) is 7.67. The molecule has 3 aromatic rings. The fraction of sp³-hybridized carbons (Fsp3) is 0.167. The van der Waals surface area contributed by atoms with Gasteiger partial charge in [0.05, 0.1) is 21.2 Å². The first-order valence-electron chi connectivity index (χ1n) is 7.69. The SMILES string of the molecule is C/C(=N/NC(=O)[C@@H](C)Sc1nc2ccccc2s1)c1ccccc1O. The number of rotatable bonds is 5. The molecule has 0 bridgehead atoms. The van der Waals surface area contributed by atoms with Crippen molar-refractivity contribution >= 4 is 44.9 Å². The maximum absolute atomic E-state index is 12.3. The number of hydrogen-bond acceptors (Lipinski definition) is 6. The van der Waals surface area contributed by atoms with Crippen molar-refractivity contribution in [2.24, 2.45) is 5.10 Å². The summed E-state index contributed by atoms with van der Waals surface area (Å²) in [6, 6.07) is 14.8. The van der Waals surface area contributed by atoms with Gasteiger partial charge in [-0.3, -0.25) is 4.79 Å². The topological polar surface area (TPSA) is 74.6 Å². The van der Waals surface area contributed by atoms with Crippen LogP contribution in [0.4, 0.5) is 0 Å². The number of aromatic hydroxyl groups is 1. The molecule has 0 unspecified atom stereocenters. The highest BCUT2D eigenvalue weighted by Gasteiger charge is 2.16. The van der Waals surface area contributed by atoms with E-state index in [4.69, 9.17) is 0 Å². The predicted octanol–water partition coefficient (Wildman–Crippen LogP) is 4.02. The first kappa shape index (κ1) is 17.4. The van der Waals surface area contributed by atoms with Crippen molar-refractivity contribution in [1.29, 1.82) is 0 Å². The van der Waals surface area contributed by atoms with Gasteiger partial charge in [-0.2, -0.15) is 5.10 Å². The highest BCUT2D eigenvalue weighted by atomic mass is 32.2. The van der Waals surface area contributed by atoms with Crippen LogP contribution in [-0.4, -0.2) is 27.0 Å². The van der Waals surface area contributed by atoms with Crippen molar-refractivity contribution in [2.75, 3.05) is 0 Å². The number of benzene rings is 2. The minimum absolute atomic E-state index is 0.134. The third-order valence-electron chi connectivity index (χ3n) is 3.55. The third-order valence-corrected chi connectivity index (χ3v) is 5.78. The van der Waals surface area contributed by atoms with Crippen molar-refractivity contribution in [1.82, 2.24) is 10.4 Å². The number of aromatic nitrogens is 1. The van der Waals surface area contributed by atoms with Crippen molar-refractivity contribution in [3.05, 3.63) is 54.1 Å². The molecule has 1 atom stereocenters. The van der Waals surface area contributed by atoms with Crippen LogP contribution in [0, 0.1) is 0 Å². The number of hydrazone groups is 1. The van der Waals surface area contributed by atoms with Crippen molar-refractivity contribution in [2.45, 2.75) is 23.4 Å². The molecular weight excluding hydrogens is 354 g/mol. The number of nitrogens with zero attached hydrogens (tertiary/aromatic N) is 2. The number of nitrogens with one attached hydrogen (secondary N) is 1. The third kappa shape index (κ3) is 4.18. The van der Waals surface area contributed by atoms with Crippen molar-refractivity contribution < 1.29 is 9.90 Å². The van der Waals surface area contributed by atoms with Crippen LogP contribution in [-0.2, 0) is 4.79 Å². The molecule has 2 N–H and O–H groups in total. The number of amides is 1. The molecule has 1 amide bonds. The van der Waals surface area contributed by atoms with E-state index in [-0.39, 0.29) is 16.9 Å². The fourth-order valence-corrected chi connectivity index (χ4v) is 4.38. The summed E-state index contributed by atoms with van der Waals surface area (Å²) in [4.78, 5) is 16.8. The molecular formula is C18H17N3O2S2. The van der Waals surface area contributed by atoms with Gasteiger partial charge in [0.25, 0.3) is 5.91 Å². The summed E-state index contributed by atoms with van der Waals surface area (Å²) in [5.74, 6) is -0.0751. The molecule has 0 spiro atoms. The average Bonchev–Trinajstić information content (AvgIpc) is 3.01. The molecule has 0 radical (unpaired) electrons. The number of carbonyl (C=O) groups is 1. The van der Waals surface area contributed by atoms with E-state index in [0.717, 1.165) is 14.6 Å². The lowest BCUT2D eigenvalue weighted by Crippen LogP contribution is -2.27. The standard InChI is InChI=1S/C18H17N3O2S2/c1-11(13-7-3-5-9-15(13)22)20-21-17(23)12(2)24-18-19-14-8-4-6-10-16(14)25-18/h3-10,12,22H,1-2H3,(H,21,23)/b20-11-/t12-/m1/s1. The zero-order valence-corrected chi connectivity index (χ0v) is 15.4. The van der Waals surface area contributed by atoms with Gasteiger partial charge in [-0.25, -0.2) is 10.4 Å². The molecule has 2 aromatic carbocycles. The Morgan fingerprint density at radius 3 is 2.72 bits per heavy atom. The summed E-state index contributed by atoms with van der Waals surface area (Å²) in [5.41, 5.74) is 4.63. The quantitative estimate of drug-likeness (QED) is 0.403. The lowest BCUT2D eigenvalue weighted by atomic mass is 10.1.